The van der Waals surface area contributed by atoms with Crippen LogP contribution < -0.4 is 0 Å². The van der Waals surface area contributed by atoms with Gasteiger partial charge in [-0.25, -0.2) is 4.98 Å². The third-order valence-corrected chi connectivity index (χ3v) is 5.53. The second kappa shape index (κ2) is 7.32. The van der Waals surface area contributed by atoms with Crippen molar-refractivity contribution in [2.75, 3.05) is 0 Å². The van der Waals surface area contributed by atoms with E-state index >= 15 is 0 Å². The summed E-state index contributed by atoms with van der Waals surface area (Å²) in [4.78, 5) is 7.93. The number of aromatic nitrogens is 2. The predicted molar refractivity (Wildman–Crippen MR) is 125 cm³/mol. The van der Waals surface area contributed by atoms with E-state index in [0.29, 0.717) is 17.1 Å². The molecule has 30 heavy (non-hydrogen) atoms. The number of aryl methyl sites for hydroxylation is 2. The van der Waals surface area contributed by atoms with Crippen LogP contribution in [0.25, 0.3) is 22.7 Å². The number of hydrogen-bond donors (Lipinski definition) is 2. The number of imidazole rings is 1. The lowest BCUT2D eigenvalue weighted by molar-refractivity contribution is 0.423. The Morgan fingerprint density at radius 2 is 1.50 bits per heavy atom. The van der Waals surface area contributed by atoms with Crippen LogP contribution in [-0.2, 0) is 10.8 Å². The largest absolute Gasteiger partial charge is 0.507 e. The highest BCUT2D eigenvalue weighted by molar-refractivity contribution is 5.91. The number of aromatic hydroxyl groups is 1. The van der Waals surface area contributed by atoms with E-state index in [1.165, 1.54) is 11.1 Å². The fourth-order valence-electron chi connectivity index (χ4n) is 3.60. The highest BCUT2D eigenvalue weighted by Crippen LogP contribution is 2.40. The average molecular weight is 402 g/mol. The van der Waals surface area contributed by atoms with E-state index in [2.05, 4.69) is 77.5 Å². The Labute approximate surface area is 179 Å². The summed E-state index contributed by atoms with van der Waals surface area (Å²) in [6.07, 6.45) is 1.85. The van der Waals surface area contributed by atoms with Crippen molar-refractivity contribution < 1.29 is 5.11 Å². The molecule has 0 saturated heterocycles. The molecule has 0 spiro atoms. The number of phenolic OH excluding ortho intramolecular Hbond substituents is 1. The van der Waals surface area contributed by atoms with Crippen LogP contribution in [0.3, 0.4) is 0 Å². The normalized spacial score (nSPS) is 13.0. The predicted octanol–water partition coefficient (Wildman–Crippen LogP) is 6.54. The second-order valence-electron chi connectivity index (χ2n) is 10.2. The molecule has 0 atom stereocenters. The van der Waals surface area contributed by atoms with Crippen molar-refractivity contribution in [1.82, 2.24) is 9.97 Å². The molecule has 2 aromatic carbocycles. The van der Waals surface area contributed by atoms with Gasteiger partial charge in [-0.2, -0.15) is 5.26 Å². The molecule has 3 rings (SSSR count). The lowest BCUT2D eigenvalue weighted by atomic mass is 9.78. The van der Waals surface area contributed by atoms with Gasteiger partial charge in [-0.05, 0) is 71.7 Å². The molecule has 4 heteroatoms. The second-order valence-corrected chi connectivity index (χ2v) is 10.2. The third-order valence-electron chi connectivity index (χ3n) is 5.53. The van der Waals surface area contributed by atoms with Gasteiger partial charge >= 0.3 is 0 Å². The number of aromatic amines is 1. The first-order valence-electron chi connectivity index (χ1n) is 10.3. The summed E-state index contributed by atoms with van der Waals surface area (Å²) >= 11 is 0. The number of H-pyrrole nitrogens is 1. The molecule has 1 heterocycles. The van der Waals surface area contributed by atoms with Crippen molar-refractivity contribution in [3.8, 4) is 11.8 Å². The van der Waals surface area contributed by atoms with Gasteiger partial charge in [-0.1, -0.05) is 41.5 Å². The molecule has 0 aliphatic rings. The molecule has 0 aliphatic heterocycles. The van der Waals surface area contributed by atoms with Gasteiger partial charge in [0.25, 0.3) is 0 Å². The van der Waals surface area contributed by atoms with Gasteiger partial charge in [0.1, 0.15) is 17.6 Å². The third kappa shape index (κ3) is 4.11. The average Bonchev–Trinajstić information content (AvgIpc) is 3.01. The molecular weight excluding hydrogens is 370 g/mol. The Hall–Kier alpha value is -3.06. The summed E-state index contributed by atoms with van der Waals surface area (Å²) in [6.45, 7) is 16.6. The van der Waals surface area contributed by atoms with Gasteiger partial charge in [-0.15, -0.1) is 0 Å². The summed E-state index contributed by atoms with van der Waals surface area (Å²) in [5.74, 6) is 0.889. The smallest absolute Gasteiger partial charge is 0.149 e. The number of hydrogen-bond acceptors (Lipinski definition) is 3. The van der Waals surface area contributed by atoms with Gasteiger partial charge in [0, 0.05) is 11.1 Å². The number of fused-ring (bicyclic) bond motifs is 1. The maximum absolute atomic E-state index is 10.9. The number of nitrogens with one attached hydrogen (secondary N) is 1. The zero-order valence-electron chi connectivity index (χ0n) is 19.2. The van der Waals surface area contributed by atoms with Gasteiger partial charge < -0.3 is 10.1 Å². The SMILES string of the molecule is Cc1cc2nc(/C(C#N)=C\c3cc(C(C)(C)C)c(O)c(C(C)(C)C)c3)[nH]c2cc1C. The first-order valence-corrected chi connectivity index (χ1v) is 10.3. The van der Waals surface area contributed by atoms with Crippen molar-refractivity contribution in [3.05, 3.63) is 57.9 Å². The molecule has 0 fully saturated rings. The van der Waals surface area contributed by atoms with Crippen molar-refractivity contribution in [2.24, 2.45) is 0 Å². The lowest BCUT2D eigenvalue weighted by Gasteiger charge is -2.28. The summed E-state index contributed by atoms with van der Waals surface area (Å²) < 4.78 is 0. The van der Waals surface area contributed by atoms with Crippen LogP contribution in [0, 0.1) is 25.2 Å². The van der Waals surface area contributed by atoms with E-state index in [1.54, 1.807) is 0 Å². The summed E-state index contributed by atoms with van der Waals surface area (Å²) in [5.41, 5.74) is 6.76. The van der Waals surface area contributed by atoms with Gasteiger partial charge in [0.15, 0.2) is 0 Å². The zero-order valence-corrected chi connectivity index (χ0v) is 19.2. The zero-order chi connectivity index (χ0) is 22.4. The van der Waals surface area contributed by atoms with Gasteiger partial charge in [0.05, 0.1) is 16.6 Å². The van der Waals surface area contributed by atoms with Gasteiger partial charge in [0.2, 0.25) is 0 Å². The standard InChI is InChI=1S/C26H31N3O/c1-15-9-21-22(10-16(15)2)29-24(28-21)18(14-27)11-17-12-19(25(3,4)5)23(30)20(13-17)26(6,7)8/h9-13,30H,1-8H3,(H,28,29)/b18-11-. The quantitative estimate of drug-likeness (QED) is 0.479. The minimum absolute atomic E-state index is 0.227. The van der Waals surface area contributed by atoms with Crippen LogP contribution in [0.1, 0.15) is 75.2 Å². The van der Waals surface area contributed by atoms with E-state index < -0.39 is 0 Å². The van der Waals surface area contributed by atoms with Crippen LogP contribution in [0.15, 0.2) is 24.3 Å². The van der Waals surface area contributed by atoms with Crippen molar-refractivity contribution in [1.29, 1.82) is 5.26 Å². The Bertz CT molecular complexity index is 1120. The van der Waals surface area contributed by atoms with Crippen molar-refractivity contribution >= 4 is 22.7 Å². The molecule has 156 valence electrons. The maximum atomic E-state index is 10.9. The molecular formula is C26H31N3O. The maximum Gasteiger partial charge on any atom is 0.149 e. The van der Waals surface area contributed by atoms with Gasteiger partial charge in [-0.3, -0.25) is 0 Å². The summed E-state index contributed by atoms with van der Waals surface area (Å²) in [7, 11) is 0. The number of allylic oxidation sites excluding steroid dienone is 1. The van der Waals surface area contributed by atoms with Crippen molar-refractivity contribution in [2.45, 2.75) is 66.2 Å². The van der Waals surface area contributed by atoms with E-state index in [0.717, 1.165) is 27.7 Å². The fourth-order valence-corrected chi connectivity index (χ4v) is 3.60. The molecule has 1 aromatic heterocycles. The first kappa shape index (κ1) is 21.6. The van der Waals surface area contributed by atoms with Crippen LogP contribution in [0.5, 0.6) is 5.75 Å². The van der Waals surface area contributed by atoms with E-state index in [1.807, 2.05) is 24.3 Å². The molecule has 4 nitrogen and oxygen atoms in total. The highest BCUT2D eigenvalue weighted by atomic mass is 16.3. The topological polar surface area (TPSA) is 72.7 Å². The lowest BCUT2D eigenvalue weighted by Crippen LogP contribution is -2.17. The first-order chi connectivity index (χ1) is 13.8. The summed E-state index contributed by atoms with van der Waals surface area (Å²) in [6, 6.07) is 10.3. The van der Waals surface area contributed by atoms with Crippen LogP contribution in [0.2, 0.25) is 0 Å². The van der Waals surface area contributed by atoms with E-state index in [4.69, 9.17) is 0 Å². The Morgan fingerprint density at radius 3 is 2.00 bits per heavy atom. The molecule has 0 unspecified atom stereocenters. The van der Waals surface area contributed by atoms with E-state index in [9.17, 15) is 10.4 Å². The Kier molecular flexibility index (Phi) is 5.28. The van der Waals surface area contributed by atoms with Crippen LogP contribution >= 0.6 is 0 Å². The molecule has 0 saturated carbocycles. The molecule has 2 N–H and O–H groups in total. The Morgan fingerprint density at radius 1 is 0.967 bits per heavy atom. The molecule has 0 amide bonds. The summed E-state index contributed by atoms with van der Waals surface area (Å²) in [5, 5.41) is 20.8. The minimum atomic E-state index is -0.227. The van der Waals surface area contributed by atoms with Crippen LogP contribution in [0.4, 0.5) is 0 Å². The highest BCUT2D eigenvalue weighted by Gasteiger charge is 2.26. The Balaban J connectivity index is 2.20. The number of nitrogens with zero attached hydrogens (tertiary/aromatic N) is 2. The molecule has 0 aliphatic carbocycles. The van der Waals surface area contributed by atoms with Crippen molar-refractivity contribution in [3.63, 3.8) is 0 Å². The monoisotopic (exact) mass is 401 g/mol. The molecule has 3 aromatic rings. The minimum Gasteiger partial charge on any atom is -0.507 e. The van der Waals surface area contributed by atoms with Crippen LogP contribution in [-0.4, -0.2) is 15.1 Å². The van der Waals surface area contributed by atoms with E-state index in [-0.39, 0.29) is 10.8 Å². The fraction of sp³-hybridized carbons (Fsp3) is 0.385. The number of benzene rings is 2. The number of nitriles is 1. The molecule has 0 radical (unpaired) electrons. The number of rotatable bonds is 2. The molecule has 0 bridgehead atoms. The number of phenols is 1.